The Labute approximate surface area is 129 Å². The first kappa shape index (κ1) is 16.1. The van der Waals surface area contributed by atoms with Crippen LogP contribution in [0.2, 0.25) is 5.02 Å². The van der Waals surface area contributed by atoms with Gasteiger partial charge in [-0.25, -0.2) is 4.98 Å². The van der Waals surface area contributed by atoms with Gasteiger partial charge in [-0.1, -0.05) is 24.9 Å². The van der Waals surface area contributed by atoms with Gasteiger partial charge in [0.05, 0.1) is 11.3 Å². The highest BCUT2D eigenvalue weighted by Gasteiger charge is 2.31. The molecular weight excluding hydrogens is 321 g/mol. The molecule has 7 heteroatoms. The Morgan fingerprint density at radius 3 is 2.62 bits per heavy atom. The van der Waals surface area contributed by atoms with Crippen molar-refractivity contribution in [1.82, 2.24) is 4.98 Å². The molecule has 0 unspecified atom stereocenters. The molecule has 0 saturated carbocycles. The molecule has 2 nitrogen and oxygen atoms in total. The molecule has 2 rings (SSSR count). The lowest BCUT2D eigenvalue weighted by molar-refractivity contribution is -0.137. The summed E-state index contributed by atoms with van der Waals surface area (Å²) in [5.41, 5.74) is 6.32. The molecule has 0 fully saturated rings. The summed E-state index contributed by atoms with van der Waals surface area (Å²) in [5, 5.41) is 0.515. The molecule has 0 saturated heterocycles. The van der Waals surface area contributed by atoms with E-state index in [4.69, 9.17) is 17.3 Å². The molecule has 1 aromatic carbocycles. The van der Waals surface area contributed by atoms with Crippen molar-refractivity contribution >= 4 is 28.1 Å². The second-order valence-corrected chi connectivity index (χ2v) is 6.25. The molecule has 0 aliphatic heterocycles. The third-order valence-electron chi connectivity index (χ3n) is 2.93. The SMILES string of the molecule is CCCc1nc(N)sc1Cc1cc(Cl)cc(C(F)(F)F)c1. The second-order valence-electron chi connectivity index (χ2n) is 4.69. The van der Waals surface area contributed by atoms with Crippen LogP contribution in [-0.2, 0) is 19.0 Å². The summed E-state index contributed by atoms with van der Waals surface area (Å²) in [6, 6.07) is 3.60. The van der Waals surface area contributed by atoms with Crippen molar-refractivity contribution in [3.05, 3.63) is 44.9 Å². The Balaban J connectivity index is 2.33. The minimum absolute atomic E-state index is 0.0781. The van der Waals surface area contributed by atoms with E-state index in [2.05, 4.69) is 4.98 Å². The van der Waals surface area contributed by atoms with E-state index in [1.165, 1.54) is 11.3 Å². The van der Waals surface area contributed by atoms with Gasteiger partial charge in [0.2, 0.25) is 0 Å². The molecule has 0 bridgehead atoms. The maximum Gasteiger partial charge on any atom is 0.416 e. The Morgan fingerprint density at radius 1 is 1.29 bits per heavy atom. The minimum atomic E-state index is -4.40. The van der Waals surface area contributed by atoms with Crippen molar-refractivity contribution in [2.24, 2.45) is 0 Å². The number of rotatable bonds is 4. The van der Waals surface area contributed by atoms with Crippen LogP contribution in [-0.4, -0.2) is 4.98 Å². The van der Waals surface area contributed by atoms with Gasteiger partial charge in [-0.2, -0.15) is 13.2 Å². The molecule has 21 heavy (non-hydrogen) atoms. The predicted molar refractivity (Wildman–Crippen MR) is 79.8 cm³/mol. The zero-order chi connectivity index (χ0) is 15.6. The molecule has 1 aromatic heterocycles. The maximum absolute atomic E-state index is 12.8. The average molecular weight is 335 g/mol. The molecule has 1 heterocycles. The van der Waals surface area contributed by atoms with Crippen LogP contribution in [0.4, 0.5) is 18.3 Å². The van der Waals surface area contributed by atoms with Gasteiger partial charge in [-0.05, 0) is 30.2 Å². The van der Waals surface area contributed by atoms with Crippen molar-refractivity contribution < 1.29 is 13.2 Å². The lowest BCUT2D eigenvalue weighted by atomic mass is 10.1. The van der Waals surface area contributed by atoms with E-state index in [0.29, 0.717) is 17.1 Å². The number of halogens is 4. The van der Waals surface area contributed by atoms with E-state index >= 15 is 0 Å². The molecular formula is C14H14ClF3N2S. The van der Waals surface area contributed by atoms with Crippen LogP contribution >= 0.6 is 22.9 Å². The molecule has 114 valence electrons. The van der Waals surface area contributed by atoms with Crippen LogP contribution in [0, 0.1) is 0 Å². The first-order chi connectivity index (χ1) is 9.79. The number of thiazole rings is 1. The summed E-state index contributed by atoms with van der Waals surface area (Å²) in [6.07, 6.45) is -2.39. The lowest BCUT2D eigenvalue weighted by Crippen LogP contribution is -2.06. The number of hydrogen-bond acceptors (Lipinski definition) is 3. The normalized spacial score (nSPS) is 11.9. The van der Waals surface area contributed by atoms with E-state index in [1.54, 1.807) is 6.07 Å². The monoisotopic (exact) mass is 334 g/mol. The smallest absolute Gasteiger partial charge is 0.375 e. The van der Waals surface area contributed by atoms with Crippen LogP contribution in [0.25, 0.3) is 0 Å². The summed E-state index contributed by atoms with van der Waals surface area (Å²) < 4.78 is 38.4. The van der Waals surface area contributed by atoms with Gasteiger partial charge in [0.1, 0.15) is 0 Å². The Hall–Kier alpha value is -1.27. The van der Waals surface area contributed by atoms with Gasteiger partial charge in [0.25, 0.3) is 0 Å². The fourth-order valence-electron chi connectivity index (χ4n) is 2.08. The zero-order valence-electron chi connectivity index (χ0n) is 11.3. The van der Waals surface area contributed by atoms with Crippen molar-refractivity contribution in [2.45, 2.75) is 32.4 Å². The first-order valence-corrected chi connectivity index (χ1v) is 7.59. The summed E-state index contributed by atoms with van der Waals surface area (Å²) in [6.45, 7) is 2.01. The number of nitrogens with zero attached hydrogens (tertiary/aromatic N) is 1. The Bertz CT molecular complexity index is 638. The highest BCUT2D eigenvalue weighted by molar-refractivity contribution is 7.15. The van der Waals surface area contributed by atoms with Crippen molar-refractivity contribution in [2.75, 3.05) is 5.73 Å². The van der Waals surface area contributed by atoms with Crippen LogP contribution < -0.4 is 5.73 Å². The molecule has 0 atom stereocenters. The van der Waals surface area contributed by atoms with Crippen LogP contribution in [0.1, 0.15) is 35.0 Å². The van der Waals surface area contributed by atoms with Crippen LogP contribution in [0.3, 0.4) is 0 Å². The summed E-state index contributed by atoms with van der Waals surface area (Å²) >= 11 is 7.10. The molecule has 0 aliphatic rings. The largest absolute Gasteiger partial charge is 0.416 e. The van der Waals surface area contributed by atoms with Gasteiger partial charge in [-0.15, -0.1) is 11.3 Å². The third-order valence-corrected chi connectivity index (χ3v) is 4.08. The molecule has 2 aromatic rings. The molecule has 0 amide bonds. The summed E-state index contributed by atoms with van der Waals surface area (Å²) in [7, 11) is 0. The van der Waals surface area contributed by atoms with Crippen LogP contribution in [0.5, 0.6) is 0 Å². The van der Waals surface area contributed by atoms with E-state index in [0.717, 1.165) is 35.5 Å². The highest BCUT2D eigenvalue weighted by Crippen LogP contribution is 2.33. The van der Waals surface area contributed by atoms with E-state index in [9.17, 15) is 13.2 Å². The number of nitrogen functional groups attached to an aromatic ring is 1. The standard InChI is InChI=1S/C14H14ClF3N2S/c1-2-3-11-12(21-13(19)20-11)6-8-4-9(14(16,17)18)7-10(15)5-8/h4-5,7H,2-3,6H2,1H3,(H2,19,20). The van der Waals surface area contributed by atoms with Crippen molar-refractivity contribution in [3.8, 4) is 0 Å². The van der Waals surface area contributed by atoms with Gasteiger partial charge in [-0.3, -0.25) is 0 Å². The van der Waals surface area contributed by atoms with Gasteiger partial charge < -0.3 is 5.73 Å². The van der Waals surface area contributed by atoms with E-state index < -0.39 is 11.7 Å². The van der Waals surface area contributed by atoms with Gasteiger partial charge >= 0.3 is 6.18 Å². The summed E-state index contributed by atoms with van der Waals surface area (Å²) in [5.74, 6) is 0. The minimum Gasteiger partial charge on any atom is -0.375 e. The van der Waals surface area contributed by atoms with E-state index in [-0.39, 0.29) is 5.02 Å². The fraction of sp³-hybridized carbons (Fsp3) is 0.357. The van der Waals surface area contributed by atoms with Crippen molar-refractivity contribution in [1.29, 1.82) is 0 Å². The number of alkyl halides is 3. The zero-order valence-corrected chi connectivity index (χ0v) is 12.9. The van der Waals surface area contributed by atoms with Crippen LogP contribution in [0.15, 0.2) is 18.2 Å². The molecule has 0 aliphatic carbocycles. The predicted octanol–water partition coefficient (Wildman–Crippen LogP) is 4.94. The number of anilines is 1. The quantitative estimate of drug-likeness (QED) is 0.860. The number of aryl methyl sites for hydroxylation is 1. The fourth-order valence-corrected chi connectivity index (χ4v) is 3.25. The maximum atomic E-state index is 12.8. The highest BCUT2D eigenvalue weighted by atomic mass is 35.5. The molecule has 0 spiro atoms. The molecule has 0 radical (unpaired) electrons. The Kier molecular flexibility index (Phi) is 4.78. The average Bonchev–Trinajstić information content (AvgIpc) is 2.68. The number of aromatic nitrogens is 1. The lowest BCUT2D eigenvalue weighted by Gasteiger charge is -2.10. The number of hydrogen-bond donors (Lipinski definition) is 1. The topological polar surface area (TPSA) is 38.9 Å². The van der Waals surface area contributed by atoms with Crippen molar-refractivity contribution in [3.63, 3.8) is 0 Å². The second kappa shape index (κ2) is 6.23. The van der Waals surface area contributed by atoms with Gasteiger partial charge in [0, 0.05) is 16.3 Å². The number of nitrogens with two attached hydrogens (primary N) is 1. The first-order valence-electron chi connectivity index (χ1n) is 6.40. The summed E-state index contributed by atoms with van der Waals surface area (Å²) in [4.78, 5) is 5.12. The third kappa shape index (κ3) is 4.11. The Morgan fingerprint density at radius 2 is 2.00 bits per heavy atom. The molecule has 2 N–H and O–H groups in total. The van der Waals surface area contributed by atoms with E-state index in [1.807, 2.05) is 6.92 Å². The number of benzene rings is 1. The van der Waals surface area contributed by atoms with Gasteiger partial charge in [0.15, 0.2) is 5.13 Å².